The van der Waals surface area contributed by atoms with Crippen LogP contribution in [0.2, 0.25) is 0 Å². The van der Waals surface area contributed by atoms with Crippen molar-refractivity contribution in [3.63, 3.8) is 0 Å². The molecule has 0 atom stereocenters. The first-order valence-corrected chi connectivity index (χ1v) is 14.4. The molecule has 0 aliphatic carbocycles. The molecule has 10 rings (SSSR count). The van der Waals surface area contributed by atoms with Crippen molar-refractivity contribution in [2.75, 3.05) is 0 Å². The van der Waals surface area contributed by atoms with E-state index in [0.717, 1.165) is 0 Å². The van der Waals surface area contributed by atoms with Gasteiger partial charge >= 0.3 is 0 Å². The van der Waals surface area contributed by atoms with E-state index in [2.05, 4.69) is 0 Å². The molecule has 0 aliphatic rings. The van der Waals surface area contributed by atoms with Gasteiger partial charge in [0.05, 0.1) is 41.1 Å². The summed E-state index contributed by atoms with van der Waals surface area (Å²) in [5, 5.41) is -5.15. The van der Waals surface area contributed by atoms with Gasteiger partial charge in [-0.05, 0) is 101 Å². The van der Waals surface area contributed by atoms with Gasteiger partial charge in [0.15, 0.2) is 0 Å². The summed E-state index contributed by atoms with van der Waals surface area (Å²) in [7, 11) is 0. The summed E-state index contributed by atoms with van der Waals surface area (Å²) in [6.07, 6.45) is 0. The highest BCUT2D eigenvalue weighted by Crippen LogP contribution is 2.46. The van der Waals surface area contributed by atoms with Crippen LogP contribution in [0, 0.1) is 0 Å². The molecule has 10 aromatic rings. The van der Waals surface area contributed by atoms with Gasteiger partial charge in [-0.2, -0.15) is 0 Å². The van der Waals surface area contributed by atoms with Crippen LogP contribution in [0.1, 0.15) is 41.1 Å². The standard InChI is InChI=1S/C48H30O/c1-2-12-32(13-3-1)37-16-6-7-17-38(37)48-41-20-10-8-18-39(41)47(40-19-9-11-21-42(40)48)33-24-22-31(23-25-33)36-26-27-45-43(29-36)44-28-34-14-4-5-15-35(34)30-46(44)49-45/h1-30H/i1D,2D,3D,4D,5D,6D,7D,8D,9D,10D,11D,12D,13D,14D,15D,16D,17D,18D,19D,20D,21D,22D,23D,24D,25D,26D,27D,28D,29D,30D. The number of benzene rings is 9. The van der Waals surface area contributed by atoms with Crippen molar-refractivity contribution in [1.82, 2.24) is 0 Å². The predicted octanol–water partition coefficient (Wildman–Crippen LogP) is 13.7. The lowest BCUT2D eigenvalue weighted by Gasteiger charge is -2.19. The molecule has 1 aromatic heterocycles. The Morgan fingerprint density at radius 1 is 0.306 bits per heavy atom. The van der Waals surface area contributed by atoms with E-state index in [4.69, 9.17) is 30.5 Å². The predicted molar refractivity (Wildman–Crippen MR) is 208 cm³/mol. The average Bonchev–Trinajstić information content (AvgIpc) is 4.08. The highest BCUT2D eigenvalue weighted by Gasteiger charge is 2.19. The van der Waals surface area contributed by atoms with E-state index in [-0.39, 0.29) is 0 Å². The van der Waals surface area contributed by atoms with Crippen LogP contribution in [0.15, 0.2) is 186 Å². The molecule has 0 unspecified atom stereocenters. The summed E-state index contributed by atoms with van der Waals surface area (Å²) in [5.41, 5.74) is -7.95. The van der Waals surface area contributed by atoms with E-state index >= 15 is 0 Å². The van der Waals surface area contributed by atoms with Crippen LogP contribution in [0.4, 0.5) is 0 Å². The SMILES string of the molecule is [2H]c1c([2H])c([2H])c(-c2c([2H])c([2H])c([2H])c([2H])c2-c2c3c([2H])c([2H])c([2H])c([2H])c3c(-c3c([2H])c([2H])c(-c4c([2H])c([2H])c5oc6c([2H])c7c([2H])c([2H])c([2H])c([2H])c7c([2H])c6c5c4[2H])c([2H])c3[2H])c3c([2H])c([2H])c([2H])c([2H])c23)c([2H])c1[2H]. The molecule has 1 heteroatoms. The molecule has 9 aromatic carbocycles. The summed E-state index contributed by atoms with van der Waals surface area (Å²) in [4.78, 5) is 0. The van der Waals surface area contributed by atoms with Crippen molar-refractivity contribution in [2.24, 2.45) is 0 Å². The molecular weight excluding hydrogens is 593 g/mol. The monoisotopic (exact) mass is 652 g/mol. The number of fused-ring (bicyclic) bond motifs is 6. The first-order chi connectivity index (χ1) is 36.8. The lowest BCUT2D eigenvalue weighted by atomic mass is 9.83. The molecule has 0 aliphatic heterocycles. The zero-order valence-electron chi connectivity index (χ0n) is 54.4. The van der Waals surface area contributed by atoms with E-state index in [9.17, 15) is 15.1 Å². The zero-order valence-corrected chi connectivity index (χ0v) is 24.4. The number of furan rings is 1. The van der Waals surface area contributed by atoms with Crippen molar-refractivity contribution in [3.05, 3.63) is 181 Å². The molecule has 1 nitrogen and oxygen atoms in total. The van der Waals surface area contributed by atoms with Crippen LogP contribution >= 0.6 is 0 Å². The molecule has 0 saturated carbocycles. The minimum atomic E-state index is -1.15. The lowest BCUT2D eigenvalue weighted by molar-refractivity contribution is 0.669. The van der Waals surface area contributed by atoms with Crippen LogP contribution in [-0.2, 0) is 0 Å². The van der Waals surface area contributed by atoms with Crippen LogP contribution < -0.4 is 0 Å². The Bertz CT molecular complexity index is 4460. The Hall–Kier alpha value is -6.44. The number of hydrogen-bond donors (Lipinski definition) is 0. The molecule has 0 N–H and O–H groups in total. The first-order valence-electron chi connectivity index (χ1n) is 29.4. The third-order valence-corrected chi connectivity index (χ3v) is 7.82. The van der Waals surface area contributed by atoms with E-state index in [0.29, 0.717) is 0 Å². The molecule has 0 saturated heterocycles. The molecule has 0 spiro atoms. The minimum absolute atomic E-state index is 0.437. The van der Waals surface area contributed by atoms with Crippen molar-refractivity contribution in [3.8, 4) is 44.5 Å². The fourth-order valence-corrected chi connectivity index (χ4v) is 5.73. The van der Waals surface area contributed by atoms with Gasteiger partial charge in [-0.25, -0.2) is 0 Å². The van der Waals surface area contributed by atoms with Crippen molar-refractivity contribution >= 4 is 54.3 Å². The van der Waals surface area contributed by atoms with Gasteiger partial charge < -0.3 is 4.42 Å². The second-order valence-corrected chi connectivity index (χ2v) is 10.5. The van der Waals surface area contributed by atoms with Gasteiger partial charge in [0.2, 0.25) is 0 Å². The second kappa shape index (κ2) is 11.1. The smallest absolute Gasteiger partial charge is 0.136 e. The topological polar surface area (TPSA) is 13.1 Å². The van der Waals surface area contributed by atoms with Crippen LogP contribution in [0.25, 0.3) is 98.8 Å². The molecule has 1 heterocycles. The molecule has 228 valence electrons. The summed E-state index contributed by atoms with van der Waals surface area (Å²) in [5.74, 6) is 0. The molecule has 0 radical (unpaired) electrons. The molecular formula is C48H30O. The summed E-state index contributed by atoms with van der Waals surface area (Å²) in [6, 6.07) is -29.1. The Morgan fingerprint density at radius 2 is 0.816 bits per heavy atom. The van der Waals surface area contributed by atoms with Crippen LogP contribution in [-0.4, -0.2) is 0 Å². The maximum Gasteiger partial charge on any atom is 0.136 e. The first kappa shape index (κ1) is 11.1. The highest BCUT2D eigenvalue weighted by molar-refractivity contribution is 6.22. The van der Waals surface area contributed by atoms with E-state index in [1.165, 1.54) is 0 Å². The van der Waals surface area contributed by atoms with Gasteiger partial charge in [0, 0.05) is 10.8 Å². The molecule has 49 heavy (non-hydrogen) atoms. The Labute approximate surface area is 326 Å². The molecule has 0 fully saturated rings. The Balaban J connectivity index is 1.42. The highest BCUT2D eigenvalue weighted by atomic mass is 16.3. The third-order valence-electron chi connectivity index (χ3n) is 7.82. The number of hydrogen-bond acceptors (Lipinski definition) is 1. The van der Waals surface area contributed by atoms with E-state index in [1.54, 1.807) is 0 Å². The van der Waals surface area contributed by atoms with Crippen molar-refractivity contribution < 1.29 is 45.5 Å². The second-order valence-electron chi connectivity index (χ2n) is 10.5. The largest absolute Gasteiger partial charge is 0.456 e. The zero-order chi connectivity index (χ0) is 58.4. The summed E-state index contributed by atoms with van der Waals surface area (Å²) < 4.78 is 276. The van der Waals surface area contributed by atoms with Crippen molar-refractivity contribution in [2.45, 2.75) is 0 Å². The summed E-state index contributed by atoms with van der Waals surface area (Å²) >= 11 is 0. The van der Waals surface area contributed by atoms with Gasteiger partial charge in [0.1, 0.15) is 11.2 Å². The van der Waals surface area contributed by atoms with Gasteiger partial charge in [-0.1, -0.05) is 157 Å². The Morgan fingerprint density at radius 3 is 1.51 bits per heavy atom. The van der Waals surface area contributed by atoms with Gasteiger partial charge in [-0.15, -0.1) is 0 Å². The maximum absolute atomic E-state index is 9.64. The fourth-order valence-electron chi connectivity index (χ4n) is 5.73. The maximum atomic E-state index is 9.64. The van der Waals surface area contributed by atoms with Crippen LogP contribution in [0.3, 0.4) is 0 Å². The van der Waals surface area contributed by atoms with Gasteiger partial charge in [-0.3, -0.25) is 0 Å². The van der Waals surface area contributed by atoms with E-state index in [1.807, 2.05) is 0 Å². The lowest BCUT2D eigenvalue weighted by Crippen LogP contribution is -1.92. The van der Waals surface area contributed by atoms with Crippen molar-refractivity contribution in [1.29, 1.82) is 0 Å². The summed E-state index contributed by atoms with van der Waals surface area (Å²) in [6.45, 7) is 0. The minimum Gasteiger partial charge on any atom is -0.456 e. The fraction of sp³-hybridized carbons (Fsp3) is 0. The third kappa shape index (κ3) is 4.47. The quantitative estimate of drug-likeness (QED) is 0.172. The van der Waals surface area contributed by atoms with Crippen LogP contribution in [0.5, 0.6) is 0 Å². The molecule has 0 amide bonds. The Kier molecular flexibility index (Phi) is 2.50. The normalized spacial score (nSPS) is 20.2. The average molecular weight is 653 g/mol. The van der Waals surface area contributed by atoms with E-state index < -0.39 is 280 Å². The van der Waals surface area contributed by atoms with Gasteiger partial charge in [0.25, 0.3) is 0 Å². The molecule has 0 bridgehead atoms. The number of rotatable bonds is 4.